The van der Waals surface area contributed by atoms with Crippen molar-refractivity contribution in [2.24, 2.45) is 0 Å². The minimum atomic E-state index is -0.591. The number of carbonyl (C=O) groups excluding carboxylic acids is 1. The summed E-state index contributed by atoms with van der Waals surface area (Å²) in [5.41, 5.74) is 2.19. The number of hydrogen-bond acceptors (Lipinski definition) is 4. The molecule has 20 heavy (non-hydrogen) atoms. The number of aliphatic hydroxyl groups is 1. The lowest BCUT2D eigenvalue weighted by Crippen LogP contribution is -2.15. The fraction of sp³-hybridized carbons (Fsp3) is 0.133. The van der Waals surface area contributed by atoms with Crippen molar-refractivity contribution < 1.29 is 19.1 Å². The van der Waals surface area contributed by atoms with Gasteiger partial charge in [-0.3, -0.25) is 5.32 Å². The van der Waals surface area contributed by atoms with E-state index in [-0.39, 0.29) is 13.2 Å². The molecule has 5 heteroatoms. The molecular weight excluding hydrogens is 258 g/mol. The van der Waals surface area contributed by atoms with Crippen LogP contribution in [0, 0.1) is 0 Å². The number of aliphatic hydroxyl groups excluding tert-OH is 1. The molecule has 0 aliphatic carbocycles. The fourth-order valence-electron chi connectivity index (χ4n) is 2.10. The number of furan rings is 1. The van der Waals surface area contributed by atoms with E-state index in [1.165, 1.54) is 0 Å². The molecule has 0 radical (unpaired) electrons. The molecule has 0 atom stereocenters. The van der Waals surface area contributed by atoms with Crippen molar-refractivity contribution in [3.05, 3.63) is 42.5 Å². The van der Waals surface area contributed by atoms with Crippen LogP contribution in [0.25, 0.3) is 21.9 Å². The number of para-hydroxylation sites is 1. The van der Waals surface area contributed by atoms with Gasteiger partial charge in [0.05, 0.1) is 6.61 Å². The van der Waals surface area contributed by atoms with E-state index in [0.717, 1.165) is 21.9 Å². The molecule has 1 heterocycles. The molecule has 0 saturated carbocycles. The number of amides is 1. The van der Waals surface area contributed by atoms with Gasteiger partial charge in [0.1, 0.15) is 17.8 Å². The van der Waals surface area contributed by atoms with Crippen LogP contribution in [0.15, 0.2) is 46.9 Å². The van der Waals surface area contributed by atoms with Gasteiger partial charge in [0, 0.05) is 16.5 Å². The van der Waals surface area contributed by atoms with Gasteiger partial charge in [-0.05, 0) is 24.3 Å². The van der Waals surface area contributed by atoms with E-state index < -0.39 is 6.09 Å². The Kier molecular flexibility index (Phi) is 3.26. The Bertz CT molecular complexity index is 763. The number of rotatable bonds is 3. The largest absolute Gasteiger partial charge is 0.456 e. The lowest BCUT2D eigenvalue weighted by molar-refractivity contribution is 0.131. The average molecular weight is 271 g/mol. The molecule has 3 rings (SSSR count). The molecule has 2 aromatic carbocycles. The summed E-state index contributed by atoms with van der Waals surface area (Å²) in [5.74, 6) is 0. The van der Waals surface area contributed by atoms with Crippen molar-refractivity contribution in [2.75, 3.05) is 18.5 Å². The van der Waals surface area contributed by atoms with Gasteiger partial charge in [-0.25, -0.2) is 4.79 Å². The summed E-state index contributed by atoms with van der Waals surface area (Å²) in [6.45, 7) is -0.221. The van der Waals surface area contributed by atoms with Crippen molar-refractivity contribution in [1.29, 1.82) is 0 Å². The maximum Gasteiger partial charge on any atom is 0.411 e. The molecule has 0 spiro atoms. The number of benzene rings is 2. The number of carbonyl (C=O) groups is 1. The minimum Gasteiger partial charge on any atom is -0.456 e. The van der Waals surface area contributed by atoms with Crippen LogP contribution in [-0.2, 0) is 4.74 Å². The van der Waals surface area contributed by atoms with E-state index >= 15 is 0 Å². The second-order valence-corrected chi connectivity index (χ2v) is 4.29. The van der Waals surface area contributed by atoms with Crippen molar-refractivity contribution >= 4 is 33.7 Å². The second kappa shape index (κ2) is 5.22. The Morgan fingerprint density at radius 3 is 2.80 bits per heavy atom. The molecule has 0 aliphatic heterocycles. The maximum absolute atomic E-state index is 11.4. The van der Waals surface area contributed by atoms with Gasteiger partial charge in [-0.2, -0.15) is 0 Å². The van der Waals surface area contributed by atoms with Crippen molar-refractivity contribution in [3.63, 3.8) is 0 Å². The Morgan fingerprint density at radius 1 is 1.15 bits per heavy atom. The molecule has 2 N–H and O–H groups in total. The third-order valence-corrected chi connectivity index (χ3v) is 2.95. The number of nitrogens with one attached hydrogen (secondary N) is 1. The molecular formula is C15H13NO4. The van der Waals surface area contributed by atoms with Crippen LogP contribution in [-0.4, -0.2) is 24.4 Å². The molecule has 5 nitrogen and oxygen atoms in total. The van der Waals surface area contributed by atoms with Gasteiger partial charge in [-0.1, -0.05) is 18.2 Å². The number of hydrogen-bond donors (Lipinski definition) is 2. The summed E-state index contributed by atoms with van der Waals surface area (Å²) in [6, 6.07) is 13.1. The van der Waals surface area contributed by atoms with Crippen molar-refractivity contribution in [1.82, 2.24) is 0 Å². The molecule has 0 unspecified atom stereocenters. The summed E-state index contributed by atoms with van der Waals surface area (Å²) in [4.78, 5) is 11.4. The highest BCUT2D eigenvalue weighted by molar-refractivity contribution is 6.06. The monoisotopic (exact) mass is 271 g/mol. The van der Waals surface area contributed by atoms with Crippen LogP contribution < -0.4 is 5.32 Å². The summed E-state index contributed by atoms with van der Waals surface area (Å²) < 4.78 is 10.5. The Labute approximate surface area is 114 Å². The van der Waals surface area contributed by atoms with Gasteiger partial charge >= 0.3 is 6.09 Å². The Balaban J connectivity index is 1.93. The summed E-state index contributed by atoms with van der Waals surface area (Å²) in [6.07, 6.45) is -0.591. The first-order chi connectivity index (χ1) is 9.78. The van der Waals surface area contributed by atoms with E-state index in [4.69, 9.17) is 14.3 Å². The van der Waals surface area contributed by atoms with Gasteiger partial charge in [0.2, 0.25) is 0 Å². The van der Waals surface area contributed by atoms with E-state index in [9.17, 15) is 4.79 Å². The third kappa shape index (κ3) is 2.31. The fourth-order valence-corrected chi connectivity index (χ4v) is 2.10. The normalized spacial score (nSPS) is 10.8. The van der Waals surface area contributed by atoms with Crippen LogP contribution in [0.5, 0.6) is 0 Å². The molecule has 0 aliphatic rings. The number of fused-ring (bicyclic) bond motifs is 3. The van der Waals surface area contributed by atoms with E-state index in [1.54, 1.807) is 12.1 Å². The summed E-state index contributed by atoms with van der Waals surface area (Å²) >= 11 is 0. The highest BCUT2D eigenvalue weighted by Crippen LogP contribution is 2.30. The third-order valence-electron chi connectivity index (χ3n) is 2.95. The maximum atomic E-state index is 11.4. The van der Waals surface area contributed by atoms with Gasteiger partial charge in [0.15, 0.2) is 0 Å². The molecule has 0 fully saturated rings. The average Bonchev–Trinajstić information content (AvgIpc) is 2.83. The quantitative estimate of drug-likeness (QED) is 0.767. The second-order valence-electron chi connectivity index (χ2n) is 4.29. The number of anilines is 1. The van der Waals surface area contributed by atoms with Gasteiger partial charge in [-0.15, -0.1) is 0 Å². The zero-order valence-electron chi connectivity index (χ0n) is 10.6. The highest BCUT2D eigenvalue weighted by Gasteiger charge is 2.08. The van der Waals surface area contributed by atoms with Crippen LogP contribution in [0.4, 0.5) is 10.5 Å². The molecule has 3 aromatic rings. The van der Waals surface area contributed by atoms with Gasteiger partial charge < -0.3 is 14.3 Å². The number of ether oxygens (including phenoxy) is 1. The van der Waals surface area contributed by atoms with Crippen LogP contribution in [0.2, 0.25) is 0 Å². The lowest BCUT2D eigenvalue weighted by atomic mass is 10.1. The van der Waals surface area contributed by atoms with Crippen molar-refractivity contribution in [3.8, 4) is 0 Å². The predicted octanol–water partition coefficient (Wildman–Crippen LogP) is 3.13. The molecule has 0 saturated heterocycles. The first-order valence-electron chi connectivity index (χ1n) is 6.24. The molecule has 1 amide bonds. The molecule has 102 valence electrons. The topological polar surface area (TPSA) is 71.7 Å². The summed E-state index contributed by atoms with van der Waals surface area (Å²) in [7, 11) is 0. The van der Waals surface area contributed by atoms with Crippen LogP contribution in [0.1, 0.15) is 0 Å². The Morgan fingerprint density at radius 2 is 1.95 bits per heavy atom. The van der Waals surface area contributed by atoms with E-state index in [0.29, 0.717) is 5.69 Å². The summed E-state index contributed by atoms with van der Waals surface area (Å²) in [5, 5.41) is 13.1. The van der Waals surface area contributed by atoms with Crippen LogP contribution in [0.3, 0.4) is 0 Å². The first-order valence-corrected chi connectivity index (χ1v) is 6.24. The SMILES string of the molecule is O=C(Nc1ccc2oc3ccccc3c2c1)OCCO. The van der Waals surface area contributed by atoms with Crippen LogP contribution >= 0.6 is 0 Å². The highest BCUT2D eigenvalue weighted by atomic mass is 16.6. The van der Waals surface area contributed by atoms with Crippen molar-refractivity contribution in [2.45, 2.75) is 0 Å². The lowest BCUT2D eigenvalue weighted by Gasteiger charge is -2.05. The standard InChI is InChI=1S/C15H13NO4/c17-7-8-19-15(18)16-10-5-6-14-12(9-10)11-3-1-2-4-13(11)20-14/h1-6,9,17H,7-8H2,(H,16,18). The first kappa shape index (κ1) is 12.5. The zero-order chi connectivity index (χ0) is 13.9. The smallest absolute Gasteiger partial charge is 0.411 e. The minimum absolute atomic E-state index is 0.0251. The zero-order valence-corrected chi connectivity index (χ0v) is 10.6. The van der Waals surface area contributed by atoms with E-state index in [1.807, 2.05) is 30.3 Å². The molecule has 0 bridgehead atoms. The Hall–Kier alpha value is -2.53. The van der Waals surface area contributed by atoms with E-state index in [2.05, 4.69) is 5.32 Å². The van der Waals surface area contributed by atoms with Gasteiger partial charge in [0.25, 0.3) is 0 Å². The predicted molar refractivity (Wildman–Crippen MR) is 75.8 cm³/mol. The molecule has 1 aromatic heterocycles.